The molecule has 0 unspecified atom stereocenters. The van der Waals surface area contributed by atoms with Crippen LogP contribution in [0.4, 0.5) is 0 Å². The standard InChI is InChI=1S/C22H37N5O/c1-18(2)21-9-7-20(8-10-21)6-5-11-24-22(23-4)25-12-13-26-14-16-27(17-15-26)19(3)28/h7-10,18H,5-6,11-17H2,1-4H3,(H2,23,24,25). The molecule has 1 aromatic rings. The molecule has 2 N–H and O–H groups in total. The average molecular weight is 388 g/mol. The summed E-state index contributed by atoms with van der Waals surface area (Å²) in [5, 5.41) is 6.78. The van der Waals surface area contributed by atoms with E-state index in [1.807, 2.05) is 11.9 Å². The molecule has 2 rings (SSSR count). The van der Waals surface area contributed by atoms with Crippen LogP contribution in [0.2, 0.25) is 0 Å². The van der Waals surface area contributed by atoms with Crippen LogP contribution >= 0.6 is 0 Å². The Balaban J connectivity index is 1.58. The van der Waals surface area contributed by atoms with Crippen LogP contribution < -0.4 is 10.6 Å². The number of aryl methyl sites for hydroxylation is 1. The van der Waals surface area contributed by atoms with E-state index in [2.05, 4.69) is 58.6 Å². The summed E-state index contributed by atoms with van der Waals surface area (Å²) in [6.45, 7) is 12.4. The van der Waals surface area contributed by atoms with Gasteiger partial charge in [-0.2, -0.15) is 0 Å². The number of amides is 1. The second-order valence-electron chi connectivity index (χ2n) is 7.77. The molecule has 6 heteroatoms. The molecule has 0 bridgehead atoms. The van der Waals surface area contributed by atoms with Crippen LogP contribution in [0.25, 0.3) is 0 Å². The summed E-state index contributed by atoms with van der Waals surface area (Å²) in [4.78, 5) is 20.0. The largest absolute Gasteiger partial charge is 0.356 e. The summed E-state index contributed by atoms with van der Waals surface area (Å²) in [6.07, 6.45) is 2.15. The number of hydrogen-bond acceptors (Lipinski definition) is 3. The van der Waals surface area contributed by atoms with Gasteiger partial charge in [0.15, 0.2) is 5.96 Å². The van der Waals surface area contributed by atoms with Crippen molar-refractivity contribution in [1.82, 2.24) is 20.4 Å². The van der Waals surface area contributed by atoms with Crippen molar-refractivity contribution >= 4 is 11.9 Å². The van der Waals surface area contributed by atoms with Gasteiger partial charge >= 0.3 is 0 Å². The molecule has 1 fully saturated rings. The number of carbonyl (C=O) groups is 1. The van der Waals surface area contributed by atoms with Crippen molar-refractivity contribution < 1.29 is 4.79 Å². The SMILES string of the molecule is CN=C(NCCCc1ccc(C(C)C)cc1)NCCN1CCN(C(C)=O)CC1. The van der Waals surface area contributed by atoms with E-state index in [1.54, 1.807) is 6.92 Å². The van der Waals surface area contributed by atoms with E-state index in [4.69, 9.17) is 0 Å². The highest BCUT2D eigenvalue weighted by Gasteiger charge is 2.17. The van der Waals surface area contributed by atoms with Crippen LogP contribution in [-0.4, -0.2) is 74.5 Å². The monoisotopic (exact) mass is 387 g/mol. The minimum Gasteiger partial charge on any atom is -0.356 e. The minimum atomic E-state index is 0.179. The third-order valence-corrected chi connectivity index (χ3v) is 5.34. The normalized spacial score (nSPS) is 15.8. The average Bonchev–Trinajstić information content (AvgIpc) is 2.70. The van der Waals surface area contributed by atoms with Crippen molar-refractivity contribution in [2.24, 2.45) is 4.99 Å². The van der Waals surface area contributed by atoms with Gasteiger partial charge in [-0.3, -0.25) is 14.7 Å². The second-order valence-corrected chi connectivity index (χ2v) is 7.77. The van der Waals surface area contributed by atoms with Crippen LogP contribution in [0.3, 0.4) is 0 Å². The Kier molecular flexibility index (Phi) is 9.28. The van der Waals surface area contributed by atoms with Crippen LogP contribution in [-0.2, 0) is 11.2 Å². The third kappa shape index (κ3) is 7.50. The summed E-state index contributed by atoms with van der Waals surface area (Å²) >= 11 is 0. The number of guanidine groups is 1. The van der Waals surface area contributed by atoms with Gasteiger partial charge in [-0.05, 0) is 29.9 Å². The molecule has 0 aliphatic carbocycles. The fraction of sp³-hybridized carbons (Fsp3) is 0.636. The lowest BCUT2D eigenvalue weighted by Gasteiger charge is -2.34. The van der Waals surface area contributed by atoms with Crippen molar-refractivity contribution in [3.8, 4) is 0 Å². The van der Waals surface area contributed by atoms with Crippen molar-refractivity contribution in [1.29, 1.82) is 0 Å². The van der Waals surface area contributed by atoms with Gasteiger partial charge in [0.2, 0.25) is 5.91 Å². The zero-order valence-electron chi connectivity index (χ0n) is 18.0. The number of hydrogen-bond donors (Lipinski definition) is 2. The van der Waals surface area contributed by atoms with E-state index in [-0.39, 0.29) is 5.91 Å². The number of carbonyl (C=O) groups excluding carboxylic acids is 1. The van der Waals surface area contributed by atoms with Gasteiger partial charge in [-0.15, -0.1) is 0 Å². The first-order valence-corrected chi connectivity index (χ1v) is 10.5. The molecular formula is C22H37N5O. The first kappa shape index (κ1) is 22.2. The van der Waals surface area contributed by atoms with E-state index in [9.17, 15) is 4.79 Å². The van der Waals surface area contributed by atoms with Crippen LogP contribution in [0.1, 0.15) is 44.2 Å². The predicted molar refractivity (Wildman–Crippen MR) is 117 cm³/mol. The highest BCUT2D eigenvalue weighted by Crippen LogP contribution is 2.15. The lowest BCUT2D eigenvalue weighted by molar-refractivity contribution is -0.130. The topological polar surface area (TPSA) is 60.0 Å². The smallest absolute Gasteiger partial charge is 0.219 e. The molecule has 1 heterocycles. The van der Waals surface area contributed by atoms with Crippen molar-refractivity contribution in [2.75, 3.05) is 52.9 Å². The van der Waals surface area contributed by atoms with Gasteiger partial charge in [0.25, 0.3) is 0 Å². The predicted octanol–water partition coefficient (Wildman–Crippen LogP) is 2.07. The Morgan fingerprint density at radius 3 is 2.29 bits per heavy atom. The van der Waals surface area contributed by atoms with Gasteiger partial charge in [-0.25, -0.2) is 0 Å². The summed E-state index contributed by atoms with van der Waals surface area (Å²) in [6, 6.07) is 8.97. The molecule has 1 saturated heterocycles. The van der Waals surface area contributed by atoms with Crippen molar-refractivity contribution in [2.45, 2.75) is 39.5 Å². The van der Waals surface area contributed by atoms with E-state index in [0.717, 1.165) is 64.6 Å². The first-order chi connectivity index (χ1) is 13.5. The number of aliphatic imine (C=N–C) groups is 1. The third-order valence-electron chi connectivity index (χ3n) is 5.34. The maximum absolute atomic E-state index is 11.4. The molecule has 28 heavy (non-hydrogen) atoms. The van der Waals surface area contributed by atoms with Gasteiger partial charge in [0.05, 0.1) is 0 Å². The van der Waals surface area contributed by atoms with E-state index in [0.29, 0.717) is 5.92 Å². The molecule has 1 aromatic carbocycles. The Bertz CT molecular complexity index is 618. The quantitative estimate of drug-likeness (QED) is 0.407. The Morgan fingerprint density at radius 2 is 1.71 bits per heavy atom. The van der Waals surface area contributed by atoms with Gasteiger partial charge < -0.3 is 15.5 Å². The molecule has 1 aliphatic rings. The Morgan fingerprint density at radius 1 is 1.07 bits per heavy atom. The van der Waals surface area contributed by atoms with E-state index >= 15 is 0 Å². The lowest BCUT2D eigenvalue weighted by Crippen LogP contribution is -2.50. The molecule has 0 saturated carbocycles. The van der Waals surface area contributed by atoms with Crippen LogP contribution in [0.15, 0.2) is 29.3 Å². The first-order valence-electron chi connectivity index (χ1n) is 10.5. The van der Waals surface area contributed by atoms with Crippen LogP contribution in [0, 0.1) is 0 Å². The molecule has 0 radical (unpaired) electrons. The molecule has 0 spiro atoms. The van der Waals surface area contributed by atoms with E-state index < -0.39 is 0 Å². The number of piperazine rings is 1. The molecule has 156 valence electrons. The maximum Gasteiger partial charge on any atom is 0.219 e. The van der Waals surface area contributed by atoms with E-state index in [1.165, 1.54) is 11.1 Å². The number of nitrogens with one attached hydrogen (secondary N) is 2. The zero-order valence-corrected chi connectivity index (χ0v) is 18.0. The molecule has 0 atom stereocenters. The minimum absolute atomic E-state index is 0.179. The van der Waals surface area contributed by atoms with Crippen molar-refractivity contribution in [3.05, 3.63) is 35.4 Å². The summed E-state index contributed by atoms with van der Waals surface area (Å²) < 4.78 is 0. The zero-order chi connectivity index (χ0) is 20.4. The molecule has 1 amide bonds. The number of rotatable bonds is 8. The highest BCUT2D eigenvalue weighted by atomic mass is 16.2. The van der Waals surface area contributed by atoms with Gasteiger partial charge in [-0.1, -0.05) is 38.1 Å². The highest BCUT2D eigenvalue weighted by molar-refractivity contribution is 5.79. The molecule has 0 aromatic heterocycles. The van der Waals surface area contributed by atoms with Crippen molar-refractivity contribution in [3.63, 3.8) is 0 Å². The summed E-state index contributed by atoms with van der Waals surface area (Å²) in [7, 11) is 1.81. The summed E-state index contributed by atoms with van der Waals surface area (Å²) in [5.41, 5.74) is 2.79. The Labute approximate surface area is 170 Å². The van der Waals surface area contributed by atoms with Gasteiger partial charge in [0.1, 0.15) is 0 Å². The Hall–Kier alpha value is -2.08. The molecule has 6 nitrogen and oxygen atoms in total. The van der Waals surface area contributed by atoms with Gasteiger partial charge in [0, 0.05) is 59.8 Å². The fourth-order valence-electron chi connectivity index (χ4n) is 3.41. The number of benzene rings is 1. The fourth-order valence-corrected chi connectivity index (χ4v) is 3.41. The second kappa shape index (κ2) is 11.7. The molecule has 1 aliphatic heterocycles. The number of nitrogens with zero attached hydrogens (tertiary/aromatic N) is 3. The molecular weight excluding hydrogens is 350 g/mol. The van der Waals surface area contributed by atoms with Crippen LogP contribution in [0.5, 0.6) is 0 Å². The maximum atomic E-state index is 11.4. The summed E-state index contributed by atoms with van der Waals surface area (Å²) in [5.74, 6) is 1.62. The lowest BCUT2D eigenvalue weighted by atomic mass is 10.0.